The highest BCUT2D eigenvalue weighted by atomic mass is 15.0. The molecule has 0 amide bonds. The molecule has 2 unspecified atom stereocenters. The first-order chi connectivity index (χ1) is 11.8. The van der Waals surface area contributed by atoms with Crippen LogP contribution in [-0.2, 0) is 6.54 Å². The van der Waals surface area contributed by atoms with Crippen molar-refractivity contribution in [3.8, 4) is 0 Å². The molecule has 2 atom stereocenters. The maximum absolute atomic E-state index is 4.24. The van der Waals surface area contributed by atoms with E-state index in [1.54, 1.807) is 0 Å². The molecule has 1 aromatic carbocycles. The summed E-state index contributed by atoms with van der Waals surface area (Å²) in [6, 6.07) is 10.8. The lowest BCUT2D eigenvalue weighted by molar-refractivity contribution is 0.249. The zero-order valence-corrected chi connectivity index (χ0v) is 14.4. The third-order valence-electron chi connectivity index (χ3n) is 5.03. The number of hydrogen-bond donors (Lipinski definition) is 0. The van der Waals surface area contributed by atoms with E-state index in [0.29, 0.717) is 5.92 Å². The smallest absolute Gasteiger partial charge is 0.0946 e. The van der Waals surface area contributed by atoms with Crippen LogP contribution in [0, 0.1) is 5.41 Å². The molecule has 0 N–H and O–H groups in total. The number of rotatable bonds is 7. The number of nitrogens with zero attached hydrogens (tertiary/aromatic N) is 2. The van der Waals surface area contributed by atoms with Gasteiger partial charge in [-0.2, -0.15) is 0 Å². The second-order valence-electron chi connectivity index (χ2n) is 6.65. The van der Waals surface area contributed by atoms with E-state index in [0.717, 1.165) is 13.0 Å². The number of allylic oxidation sites excluding steroid dienone is 5. The lowest BCUT2D eigenvalue weighted by Gasteiger charge is -2.42. The molecule has 2 heteroatoms. The average molecular weight is 318 g/mol. The van der Waals surface area contributed by atoms with Crippen LogP contribution in [0.1, 0.15) is 37.7 Å². The van der Waals surface area contributed by atoms with Gasteiger partial charge in [-0.25, -0.2) is 4.98 Å². The van der Waals surface area contributed by atoms with E-state index < -0.39 is 0 Å². The molecule has 3 rings (SSSR count). The van der Waals surface area contributed by atoms with Gasteiger partial charge >= 0.3 is 0 Å². The fraction of sp³-hybridized carbons (Fsp3) is 0.318. The molecule has 1 aromatic heterocycles. The summed E-state index contributed by atoms with van der Waals surface area (Å²) in [5.74, 6) is 0.329. The predicted octanol–water partition coefficient (Wildman–Crippen LogP) is 5.53. The third kappa shape index (κ3) is 3.28. The molecule has 2 aromatic rings. The number of unbranched alkanes of at least 4 members (excludes halogenated alkanes) is 1. The molecule has 0 spiro atoms. The first-order valence-electron chi connectivity index (χ1n) is 8.81. The van der Waals surface area contributed by atoms with Gasteiger partial charge in [0.1, 0.15) is 0 Å². The van der Waals surface area contributed by atoms with Crippen LogP contribution < -0.4 is 0 Å². The van der Waals surface area contributed by atoms with Crippen LogP contribution in [0.3, 0.4) is 0 Å². The summed E-state index contributed by atoms with van der Waals surface area (Å²) in [5.41, 5.74) is 2.72. The van der Waals surface area contributed by atoms with Gasteiger partial charge in [0.15, 0.2) is 0 Å². The zero-order chi connectivity index (χ0) is 16.8. The summed E-state index contributed by atoms with van der Waals surface area (Å²) < 4.78 is 2.21. The van der Waals surface area contributed by atoms with Gasteiger partial charge in [-0.05, 0) is 17.6 Å². The van der Waals surface area contributed by atoms with Crippen molar-refractivity contribution in [2.75, 3.05) is 0 Å². The number of benzene rings is 1. The maximum atomic E-state index is 4.24. The quantitative estimate of drug-likeness (QED) is 0.656. The van der Waals surface area contributed by atoms with Crippen LogP contribution >= 0.6 is 0 Å². The topological polar surface area (TPSA) is 17.8 Å². The summed E-state index contributed by atoms with van der Waals surface area (Å²) >= 11 is 0. The van der Waals surface area contributed by atoms with Crippen molar-refractivity contribution in [1.29, 1.82) is 0 Å². The van der Waals surface area contributed by atoms with E-state index in [-0.39, 0.29) is 5.41 Å². The monoisotopic (exact) mass is 318 g/mol. The second-order valence-corrected chi connectivity index (χ2v) is 6.65. The first-order valence-corrected chi connectivity index (χ1v) is 8.81. The Kier molecular flexibility index (Phi) is 5.14. The van der Waals surface area contributed by atoms with Crippen molar-refractivity contribution < 1.29 is 0 Å². The van der Waals surface area contributed by atoms with Crippen molar-refractivity contribution in [3.05, 3.63) is 91.1 Å². The summed E-state index contributed by atoms with van der Waals surface area (Å²) in [6.07, 6.45) is 18.3. The van der Waals surface area contributed by atoms with Gasteiger partial charge in [0.2, 0.25) is 0 Å². The molecular weight excluding hydrogens is 292 g/mol. The van der Waals surface area contributed by atoms with Crippen molar-refractivity contribution in [2.45, 2.75) is 38.6 Å². The maximum Gasteiger partial charge on any atom is 0.0946 e. The van der Waals surface area contributed by atoms with Gasteiger partial charge in [0.05, 0.1) is 6.33 Å². The molecule has 2 nitrogen and oxygen atoms in total. The molecule has 0 aliphatic heterocycles. The predicted molar refractivity (Wildman–Crippen MR) is 101 cm³/mol. The average Bonchev–Trinajstić information content (AvgIpc) is 3.13. The van der Waals surface area contributed by atoms with Gasteiger partial charge < -0.3 is 4.57 Å². The Morgan fingerprint density at radius 2 is 2.12 bits per heavy atom. The van der Waals surface area contributed by atoms with Crippen LogP contribution in [-0.4, -0.2) is 9.55 Å². The molecule has 0 radical (unpaired) electrons. The normalized spacial score (nSPS) is 23.0. The van der Waals surface area contributed by atoms with E-state index in [9.17, 15) is 0 Å². The molecule has 1 heterocycles. The molecule has 0 bridgehead atoms. The van der Waals surface area contributed by atoms with E-state index in [1.807, 2.05) is 18.6 Å². The molecule has 0 fully saturated rings. The van der Waals surface area contributed by atoms with Gasteiger partial charge in [-0.1, -0.05) is 81.0 Å². The van der Waals surface area contributed by atoms with Gasteiger partial charge in [-0.3, -0.25) is 0 Å². The Morgan fingerprint density at radius 1 is 1.29 bits per heavy atom. The largest absolute Gasteiger partial charge is 0.337 e. The van der Waals surface area contributed by atoms with E-state index in [4.69, 9.17) is 0 Å². The van der Waals surface area contributed by atoms with Crippen molar-refractivity contribution in [1.82, 2.24) is 9.55 Å². The third-order valence-corrected chi connectivity index (χ3v) is 5.03. The Balaban J connectivity index is 2.07. The molecule has 1 aliphatic carbocycles. The highest BCUT2D eigenvalue weighted by molar-refractivity contribution is 5.43. The molecule has 124 valence electrons. The van der Waals surface area contributed by atoms with E-state index in [2.05, 4.69) is 77.8 Å². The Bertz CT molecular complexity index is 710. The summed E-state index contributed by atoms with van der Waals surface area (Å²) in [7, 11) is 0. The fourth-order valence-electron chi connectivity index (χ4n) is 3.91. The van der Waals surface area contributed by atoms with E-state index in [1.165, 1.54) is 24.0 Å². The minimum Gasteiger partial charge on any atom is -0.337 e. The second kappa shape index (κ2) is 7.48. The van der Waals surface area contributed by atoms with Gasteiger partial charge in [-0.15, -0.1) is 0 Å². The van der Waals surface area contributed by atoms with Crippen LogP contribution in [0.15, 0.2) is 85.5 Å². The number of aromatic nitrogens is 2. The Morgan fingerprint density at radius 3 is 2.79 bits per heavy atom. The van der Waals surface area contributed by atoms with Crippen LogP contribution in [0.25, 0.3) is 0 Å². The van der Waals surface area contributed by atoms with Crippen LogP contribution in [0.2, 0.25) is 0 Å². The summed E-state index contributed by atoms with van der Waals surface area (Å²) in [6.45, 7) is 7.28. The highest BCUT2D eigenvalue weighted by Gasteiger charge is 2.40. The van der Waals surface area contributed by atoms with Crippen molar-refractivity contribution >= 4 is 0 Å². The highest BCUT2D eigenvalue weighted by Crippen LogP contribution is 2.49. The minimum absolute atomic E-state index is 0.0519. The number of imidazole rings is 1. The molecule has 1 aliphatic rings. The van der Waals surface area contributed by atoms with E-state index >= 15 is 0 Å². The van der Waals surface area contributed by atoms with Crippen LogP contribution in [0.4, 0.5) is 0 Å². The first kappa shape index (κ1) is 16.5. The molecule has 0 saturated carbocycles. The van der Waals surface area contributed by atoms with Crippen molar-refractivity contribution in [2.24, 2.45) is 5.41 Å². The van der Waals surface area contributed by atoms with Gasteiger partial charge in [0.25, 0.3) is 0 Å². The summed E-state index contributed by atoms with van der Waals surface area (Å²) in [5, 5.41) is 0. The van der Waals surface area contributed by atoms with Crippen LogP contribution in [0.5, 0.6) is 0 Å². The molecule has 0 saturated heterocycles. The lowest BCUT2D eigenvalue weighted by Crippen LogP contribution is -2.34. The molecular formula is C22H26N2. The Hall–Kier alpha value is -2.35. The number of hydrogen-bond acceptors (Lipinski definition) is 1. The van der Waals surface area contributed by atoms with Crippen molar-refractivity contribution in [3.63, 3.8) is 0 Å². The fourth-order valence-corrected chi connectivity index (χ4v) is 3.91. The Labute approximate surface area is 145 Å². The SMILES string of the molecule is C=CC1=CC=CC(CCCC)(Cn2ccnc2)C1c1ccccc1. The lowest BCUT2D eigenvalue weighted by atomic mass is 9.63. The standard InChI is InChI=1S/C22H26N2/c1-3-5-13-22(17-24-16-15-23-18-24)14-9-12-19(4-2)21(22)20-10-7-6-8-11-20/h4,6-12,14-16,18,21H,2-3,5,13,17H2,1H3. The summed E-state index contributed by atoms with van der Waals surface area (Å²) in [4.78, 5) is 4.24. The van der Waals surface area contributed by atoms with Gasteiger partial charge in [0, 0.05) is 30.3 Å². The minimum atomic E-state index is 0.0519. The molecule has 24 heavy (non-hydrogen) atoms. The zero-order valence-electron chi connectivity index (χ0n) is 14.4.